The van der Waals surface area contributed by atoms with Crippen LogP contribution in [-0.4, -0.2) is 26.8 Å². The van der Waals surface area contributed by atoms with Crippen LogP contribution in [0.3, 0.4) is 0 Å². The third kappa shape index (κ3) is 8.52. The van der Waals surface area contributed by atoms with E-state index in [1.165, 1.54) is 24.3 Å². The van der Waals surface area contributed by atoms with E-state index >= 15 is 0 Å². The van der Waals surface area contributed by atoms with Crippen molar-refractivity contribution in [1.82, 2.24) is 0 Å². The summed E-state index contributed by atoms with van der Waals surface area (Å²) in [5.74, 6) is -1.92. The Morgan fingerprint density at radius 2 is 1.23 bits per heavy atom. The SMILES string of the molecule is O=C(Nc1cccc(O)c1)c1ccc([N+](=O)[O-])o1.O=C(Nc1cccc(OCc2ccccc2)c1)c1ccc([N+](=O)[O-])o1. The Hall–Kier alpha value is -6.44. The molecule has 0 aliphatic heterocycles. The number of carbonyl (C=O) groups excluding carboxylic acids is 2. The van der Waals surface area contributed by atoms with E-state index in [1.54, 1.807) is 36.4 Å². The van der Waals surface area contributed by atoms with Crippen molar-refractivity contribution in [2.45, 2.75) is 6.61 Å². The van der Waals surface area contributed by atoms with Gasteiger partial charge in [0, 0.05) is 23.5 Å². The van der Waals surface area contributed by atoms with Crippen molar-refractivity contribution in [3.8, 4) is 11.5 Å². The van der Waals surface area contributed by atoms with Crippen LogP contribution in [0.1, 0.15) is 26.7 Å². The van der Waals surface area contributed by atoms with E-state index in [2.05, 4.69) is 10.6 Å². The minimum absolute atomic E-state index is 0.00164. The van der Waals surface area contributed by atoms with Gasteiger partial charge in [-0.3, -0.25) is 29.8 Å². The molecule has 0 aliphatic carbocycles. The Kier molecular flexibility index (Phi) is 9.45. The van der Waals surface area contributed by atoms with Crippen molar-refractivity contribution in [3.63, 3.8) is 0 Å². The number of nitro groups is 2. The number of hydrogen-bond acceptors (Lipinski definition) is 10. The maximum atomic E-state index is 12.1. The molecule has 0 atom stereocenters. The zero-order valence-corrected chi connectivity index (χ0v) is 22.0. The number of amides is 2. The number of carbonyl (C=O) groups is 2. The highest BCUT2D eigenvalue weighted by Crippen LogP contribution is 2.22. The van der Waals surface area contributed by atoms with E-state index in [9.17, 15) is 34.9 Å². The summed E-state index contributed by atoms with van der Waals surface area (Å²) in [5.41, 5.74) is 1.88. The van der Waals surface area contributed by atoms with Gasteiger partial charge in [-0.1, -0.05) is 42.5 Å². The van der Waals surface area contributed by atoms with E-state index in [4.69, 9.17) is 13.6 Å². The maximum Gasteiger partial charge on any atom is 0.433 e. The Balaban J connectivity index is 0.000000208. The summed E-state index contributed by atoms with van der Waals surface area (Å²) in [7, 11) is 0. The van der Waals surface area contributed by atoms with Gasteiger partial charge >= 0.3 is 11.8 Å². The van der Waals surface area contributed by atoms with Crippen LogP contribution in [0, 0.1) is 20.2 Å². The van der Waals surface area contributed by atoms with Gasteiger partial charge in [0.25, 0.3) is 11.8 Å². The molecule has 3 aromatic carbocycles. The standard InChI is InChI=1S/C18H14N2O5.C11H8N2O5/c21-18(16-9-10-17(25-16)20(22)23)19-14-7-4-8-15(11-14)24-12-13-5-2-1-3-6-13;14-8-3-1-2-7(6-8)12-11(15)9-4-5-10(18-9)13(16)17/h1-11H,12H2,(H,19,21);1-6,14H,(H,12,15). The molecular formula is C29H22N4O10. The molecule has 14 nitrogen and oxygen atoms in total. The lowest BCUT2D eigenvalue weighted by atomic mass is 10.2. The number of phenolic OH excluding ortho intramolecular Hbond substituents is 1. The van der Waals surface area contributed by atoms with Crippen LogP contribution in [0.25, 0.3) is 0 Å². The molecule has 0 saturated heterocycles. The van der Waals surface area contributed by atoms with Crippen LogP contribution >= 0.6 is 0 Å². The molecule has 0 spiro atoms. The number of nitrogens with one attached hydrogen (secondary N) is 2. The highest BCUT2D eigenvalue weighted by Gasteiger charge is 2.18. The number of benzene rings is 3. The molecule has 0 fully saturated rings. The second-order valence-electron chi connectivity index (χ2n) is 8.55. The number of anilines is 2. The van der Waals surface area contributed by atoms with Crippen molar-refractivity contribution in [3.05, 3.63) is 140 Å². The van der Waals surface area contributed by atoms with Gasteiger partial charge in [0.1, 0.15) is 28.0 Å². The Bertz CT molecular complexity index is 1750. The fraction of sp³-hybridized carbons (Fsp3) is 0.0345. The highest BCUT2D eigenvalue weighted by molar-refractivity contribution is 6.03. The minimum Gasteiger partial charge on any atom is -0.508 e. The molecule has 3 N–H and O–H groups in total. The van der Waals surface area contributed by atoms with Gasteiger partial charge in [0.05, 0.1) is 12.1 Å². The van der Waals surface area contributed by atoms with Crippen molar-refractivity contribution in [2.75, 3.05) is 10.6 Å². The molecule has 0 unspecified atom stereocenters. The number of ether oxygens (including phenoxy) is 1. The average molecular weight is 587 g/mol. The van der Waals surface area contributed by atoms with Gasteiger partial charge in [0.2, 0.25) is 0 Å². The topological polar surface area (TPSA) is 200 Å². The quantitative estimate of drug-likeness (QED) is 0.133. The number of nitrogens with zero attached hydrogens (tertiary/aromatic N) is 2. The second kappa shape index (κ2) is 13.8. The molecule has 5 aromatic rings. The Morgan fingerprint density at radius 3 is 1.74 bits per heavy atom. The first kappa shape index (κ1) is 29.5. The Labute approximate surface area is 242 Å². The lowest BCUT2D eigenvalue weighted by Gasteiger charge is -2.08. The maximum absolute atomic E-state index is 12.1. The molecule has 218 valence electrons. The molecular weight excluding hydrogens is 564 g/mol. The van der Waals surface area contributed by atoms with E-state index < -0.39 is 33.4 Å². The van der Waals surface area contributed by atoms with E-state index in [0.717, 1.165) is 17.7 Å². The summed E-state index contributed by atoms with van der Waals surface area (Å²) in [4.78, 5) is 43.3. The van der Waals surface area contributed by atoms with Gasteiger partial charge in [-0.05, 0) is 42.0 Å². The molecule has 2 heterocycles. The predicted molar refractivity (Wildman–Crippen MR) is 152 cm³/mol. The lowest BCUT2D eigenvalue weighted by Crippen LogP contribution is -2.10. The summed E-state index contributed by atoms with van der Waals surface area (Å²) in [6.07, 6.45) is 0. The van der Waals surface area contributed by atoms with Gasteiger partial charge in [-0.15, -0.1) is 0 Å². The third-order valence-corrected chi connectivity index (χ3v) is 5.44. The summed E-state index contributed by atoms with van der Waals surface area (Å²) in [6.45, 7) is 0.405. The first-order valence-corrected chi connectivity index (χ1v) is 12.3. The number of rotatable bonds is 9. The Morgan fingerprint density at radius 1 is 0.698 bits per heavy atom. The summed E-state index contributed by atoms with van der Waals surface area (Å²) in [6, 6.07) is 27.2. The molecule has 0 radical (unpaired) electrons. The fourth-order valence-corrected chi connectivity index (χ4v) is 3.47. The van der Waals surface area contributed by atoms with Crippen molar-refractivity contribution in [1.29, 1.82) is 0 Å². The zero-order chi connectivity index (χ0) is 30.8. The largest absolute Gasteiger partial charge is 0.508 e. The van der Waals surface area contributed by atoms with Crippen LogP contribution in [0.5, 0.6) is 11.5 Å². The molecule has 5 rings (SSSR count). The van der Waals surface area contributed by atoms with Crippen molar-refractivity contribution < 1.29 is 38.1 Å². The molecule has 14 heteroatoms. The van der Waals surface area contributed by atoms with E-state index in [-0.39, 0.29) is 17.3 Å². The van der Waals surface area contributed by atoms with Gasteiger partial charge in [0.15, 0.2) is 11.5 Å². The lowest BCUT2D eigenvalue weighted by molar-refractivity contribution is -0.402. The normalized spacial score (nSPS) is 10.1. The second-order valence-corrected chi connectivity index (χ2v) is 8.55. The smallest absolute Gasteiger partial charge is 0.433 e. The number of aromatic hydroxyl groups is 1. The summed E-state index contributed by atoms with van der Waals surface area (Å²) >= 11 is 0. The van der Waals surface area contributed by atoms with Crippen LogP contribution < -0.4 is 15.4 Å². The van der Waals surface area contributed by atoms with E-state index in [1.807, 2.05) is 30.3 Å². The number of furan rings is 2. The van der Waals surface area contributed by atoms with Crippen LogP contribution in [0.2, 0.25) is 0 Å². The highest BCUT2D eigenvalue weighted by atomic mass is 16.7. The third-order valence-electron chi connectivity index (χ3n) is 5.44. The molecule has 2 amide bonds. The molecule has 0 saturated carbocycles. The molecule has 2 aromatic heterocycles. The summed E-state index contributed by atoms with van der Waals surface area (Å²) in [5, 5.41) is 35.2. The summed E-state index contributed by atoms with van der Waals surface area (Å²) < 4.78 is 15.3. The molecule has 0 aliphatic rings. The van der Waals surface area contributed by atoms with Gasteiger partial charge in [-0.2, -0.15) is 0 Å². The van der Waals surface area contributed by atoms with E-state index in [0.29, 0.717) is 23.7 Å². The first-order valence-electron chi connectivity index (χ1n) is 12.3. The van der Waals surface area contributed by atoms with Gasteiger partial charge in [-0.25, -0.2) is 0 Å². The first-order chi connectivity index (χ1) is 20.7. The molecule has 0 bridgehead atoms. The predicted octanol–water partition coefficient (Wildman–Crippen LogP) is 6.16. The zero-order valence-electron chi connectivity index (χ0n) is 22.0. The van der Waals surface area contributed by atoms with Crippen LogP contribution in [0.15, 0.2) is 112 Å². The number of phenols is 1. The van der Waals surface area contributed by atoms with Crippen molar-refractivity contribution in [2.24, 2.45) is 0 Å². The van der Waals surface area contributed by atoms with Crippen molar-refractivity contribution >= 4 is 35.0 Å². The monoisotopic (exact) mass is 586 g/mol. The molecule has 43 heavy (non-hydrogen) atoms. The average Bonchev–Trinajstić information content (AvgIpc) is 3.69. The van der Waals surface area contributed by atoms with Gasteiger partial charge < -0.3 is 29.3 Å². The van der Waals surface area contributed by atoms with Crippen LogP contribution in [0.4, 0.5) is 23.1 Å². The fourth-order valence-electron chi connectivity index (χ4n) is 3.47. The minimum atomic E-state index is -0.731. The van der Waals surface area contributed by atoms with Crippen LogP contribution in [-0.2, 0) is 6.61 Å². The number of hydrogen-bond donors (Lipinski definition) is 3.